The first kappa shape index (κ1) is 12.1. The van der Waals surface area contributed by atoms with Crippen LogP contribution in [0.1, 0.15) is 23.7 Å². The van der Waals surface area contributed by atoms with E-state index in [1.807, 2.05) is 24.3 Å². The van der Waals surface area contributed by atoms with E-state index in [4.69, 9.17) is 5.90 Å². The molecule has 0 aliphatic carbocycles. The Labute approximate surface area is 101 Å². The van der Waals surface area contributed by atoms with E-state index in [1.54, 1.807) is 6.92 Å². The molecule has 4 heteroatoms. The molecule has 1 aromatic carbocycles. The predicted octanol–water partition coefficient (Wildman–Crippen LogP) is 1.61. The molecule has 1 unspecified atom stereocenters. The number of carbonyl (C=O) groups is 1. The minimum absolute atomic E-state index is 0.104. The van der Waals surface area contributed by atoms with Crippen molar-refractivity contribution in [1.82, 2.24) is 0 Å². The first-order valence-corrected chi connectivity index (χ1v) is 5.88. The smallest absolute Gasteiger partial charge is 0.159 e. The highest BCUT2D eigenvalue weighted by atomic mass is 16.6. The molecule has 1 aliphatic rings. The van der Waals surface area contributed by atoms with Gasteiger partial charge in [0.15, 0.2) is 5.78 Å². The normalized spacial score (nSPS) is 19.6. The number of anilines is 1. The minimum atomic E-state index is 0.104. The van der Waals surface area contributed by atoms with Crippen LogP contribution in [0.4, 0.5) is 5.69 Å². The number of nitrogens with two attached hydrogens (primary N) is 1. The number of carbonyl (C=O) groups excluding carboxylic acids is 1. The van der Waals surface area contributed by atoms with Gasteiger partial charge in [-0.1, -0.05) is 0 Å². The fraction of sp³-hybridized carbons (Fsp3) is 0.462. The van der Waals surface area contributed by atoms with E-state index in [0.29, 0.717) is 12.5 Å². The molecular weight excluding hydrogens is 216 g/mol. The lowest BCUT2D eigenvalue weighted by Crippen LogP contribution is -2.21. The lowest BCUT2D eigenvalue weighted by atomic mass is 10.1. The highest BCUT2D eigenvalue weighted by Gasteiger charge is 2.22. The van der Waals surface area contributed by atoms with E-state index in [9.17, 15) is 4.79 Å². The van der Waals surface area contributed by atoms with Crippen LogP contribution in [0.3, 0.4) is 0 Å². The molecule has 92 valence electrons. The molecule has 17 heavy (non-hydrogen) atoms. The van der Waals surface area contributed by atoms with E-state index in [1.165, 1.54) is 0 Å². The number of ketones is 1. The Morgan fingerprint density at radius 3 is 2.76 bits per heavy atom. The van der Waals surface area contributed by atoms with E-state index in [2.05, 4.69) is 9.74 Å². The van der Waals surface area contributed by atoms with Crippen LogP contribution < -0.4 is 10.8 Å². The third-order valence-electron chi connectivity index (χ3n) is 3.26. The summed E-state index contributed by atoms with van der Waals surface area (Å²) >= 11 is 0. The van der Waals surface area contributed by atoms with Gasteiger partial charge in [-0.3, -0.25) is 4.79 Å². The van der Waals surface area contributed by atoms with Gasteiger partial charge in [0.1, 0.15) is 0 Å². The maximum Gasteiger partial charge on any atom is 0.159 e. The molecule has 1 heterocycles. The number of benzene rings is 1. The summed E-state index contributed by atoms with van der Waals surface area (Å²) in [5.41, 5.74) is 1.92. The van der Waals surface area contributed by atoms with Crippen molar-refractivity contribution in [2.75, 3.05) is 24.6 Å². The Kier molecular flexibility index (Phi) is 3.76. The van der Waals surface area contributed by atoms with Gasteiger partial charge in [0.25, 0.3) is 0 Å². The van der Waals surface area contributed by atoms with E-state index in [0.717, 1.165) is 30.8 Å². The van der Waals surface area contributed by atoms with E-state index < -0.39 is 0 Å². The van der Waals surface area contributed by atoms with Gasteiger partial charge >= 0.3 is 0 Å². The largest absolute Gasteiger partial charge is 0.371 e. The Morgan fingerprint density at radius 2 is 2.18 bits per heavy atom. The standard InChI is InChI=1S/C13H18N2O2/c1-10(16)12-2-4-13(5-3-12)15-7-6-11(8-15)9-17-14/h2-5,11H,6-9,14H2,1H3. The van der Waals surface area contributed by atoms with Gasteiger partial charge in [0.2, 0.25) is 0 Å². The highest BCUT2D eigenvalue weighted by molar-refractivity contribution is 5.94. The van der Waals surface area contributed by atoms with Crippen LogP contribution in [0.5, 0.6) is 0 Å². The molecule has 1 atom stereocenters. The second kappa shape index (κ2) is 5.29. The van der Waals surface area contributed by atoms with Crippen molar-refractivity contribution in [3.8, 4) is 0 Å². The summed E-state index contributed by atoms with van der Waals surface area (Å²) in [6.45, 7) is 4.19. The average molecular weight is 234 g/mol. The Bertz CT molecular complexity index is 389. The maximum atomic E-state index is 11.2. The van der Waals surface area contributed by atoms with Crippen LogP contribution in [0.15, 0.2) is 24.3 Å². The second-order valence-electron chi connectivity index (χ2n) is 4.54. The highest BCUT2D eigenvalue weighted by Crippen LogP contribution is 2.24. The van der Waals surface area contributed by atoms with E-state index >= 15 is 0 Å². The molecule has 0 saturated carbocycles. The Hall–Kier alpha value is -1.39. The van der Waals surface area contributed by atoms with Crippen molar-refractivity contribution in [3.05, 3.63) is 29.8 Å². The van der Waals surface area contributed by atoms with Crippen LogP contribution in [-0.4, -0.2) is 25.5 Å². The topological polar surface area (TPSA) is 55.6 Å². The summed E-state index contributed by atoms with van der Waals surface area (Å²) in [7, 11) is 0. The third kappa shape index (κ3) is 2.84. The summed E-state index contributed by atoms with van der Waals surface area (Å²) in [6, 6.07) is 7.76. The molecule has 1 aliphatic heterocycles. The van der Waals surface area contributed by atoms with Crippen molar-refractivity contribution in [1.29, 1.82) is 0 Å². The lowest BCUT2D eigenvalue weighted by Gasteiger charge is -2.18. The fourth-order valence-electron chi connectivity index (χ4n) is 2.25. The molecule has 1 saturated heterocycles. The predicted molar refractivity (Wildman–Crippen MR) is 66.9 cm³/mol. The number of hydrogen-bond acceptors (Lipinski definition) is 4. The van der Waals surface area contributed by atoms with Crippen LogP contribution in [0, 0.1) is 5.92 Å². The number of rotatable bonds is 4. The second-order valence-corrected chi connectivity index (χ2v) is 4.54. The summed E-state index contributed by atoms with van der Waals surface area (Å²) in [5, 5.41) is 0. The average Bonchev–Trinajstić information content (AvgIpc) is 2.78. The first-order valence-electron chi connectivity index (χ1n) is 5.88. The molecule has 2 N–H and O–H groups in total. The molecule has 4 nitrogen and oxygen atoms in total. The summed E-state index contributed by atoms with van der Waals surface area (Å²) in [6.07, 6.45) is 1.10. The molecule has 0 aromatic heterocycles. The van der Waals surface area contributed by atoms with Crippen molar-refractivity contribution in [2.24, 2.45) is 11.8 Å². The van der Waals surface area contributed by atoms with Crippen LogP contribution in [0.25, 0.3) is 0 Å². The minimum Gasteiger partial charge on any atom is -0.371 e. The van der Waals surface area contributed by atoms with Crippen molar-refractivity contribution < 1.29 is 9.63 Å². The van der Waals surface area contributed by atoms with Crippen molar-refractivity contribution >= 4 is 11.5 Å². The van der Waals surface area contributed by atoms with Crippen molar-refractivity contribution in [3.63, 3.8) is 0 Å². The van der Waals surface area contributed by atoms with Crippen LogP contribution in [-0.2, 0) is 4.84 Å². The zero-order valence-corrected chi connectivity index (χ0v) is 10.1. The fourth-order valence-corrected chi connectivity index (χ4v) is 2.25. The molecule has 0 bridgehead atoms. The zero-order valence-electron chi connectivity index (χ0n) is 10.1. The quantitative estimate of drug-likeness (QED) is 0.635. The monoisotopic (exact) mass is 234 g/mol. The lowest BCUT2D eigenvalue weighted by molar-refractivity contribution is 0.101. The zero-order chi connectivity index (χ0) is 12.3. The van der Waals surface area contributed by atoms with Gasteiger partial charge in [0.05, 0.1) is 6.61 Å². The SMILES string of the molecule is CC(=O)c1ccc(N2CCC(CON)C2)cc1. The summed E-state index contributed by atoms with van der Waals surface area (Å²) in [4.78, 5) is 18.2. The number of nitrogens with zero attached hydrogens (tertiary/aromatic N) is 1. The van der Waals surface area contributed by atoms with Crippen LogP contribution >= 0.6 is 0 Å². The molecule has 1 aromatic rings. The Balaban J connectivity index is 2.01. The maximum absolute atomic E-state index is 11.2. The molecule has 0 spiro atoms. The van der Waals surface area contributed by atoms with Crippen LogP contribution in [0.2, 0.25) is 0 Å². The molecule has 2 rings (SSSR count). The van der Waals surface area contributed by atoms with Gasteiger partial charge in [-0.25, -0.2) is 5.90 Å². The molecule has 0 amide bonds. The Morgan fingerprint density at radius 1 is 1.47 bits per heavy atom. The van der Waals surface area contributed by atoms with Gasteiger partial charge in [0, 0.05) is 30.3 Å². The summed E-state index contributed by atoms with van der Waals surface area (Å²) < 4.78 is 0. The molecule has 1 fully saturated rings. The van der Waals surface area contributed by atoms with Crippen molar-refractivity contribution in [2.45, 2.75) is 13.3 Å². The van der Waals surface area contributed by atoms with Gasteiger partial charge in [-0.2, -0.15) is 0 Å². The summed E-state index contributed by atoms with van der Waals surface area (Å²) in [5.74, 6) is 5.70. The van der Waals surface area contributed by atoms with Gasteiger partial charge < -0.3 is 9.74 Å². The molecule has 0 radical (unpaired) electrons. The third-order valence-corrected chi connectivity index (χ3v) is 3.26. The van der Waals surface area contributed by atoms with E-state index in [-0.39, 0.29) is 5.78 Å². The number of Topliss-reactive ketones (excluding diaryl/α,β-unsaturated/α-hetero) is 1. The van der Waals surface area contributed by atoms with Gasteiger partial charge in [-0.15, -0.1) is 0 Å². The number of hydrogen-bond donors (Lipinski definition) is 1. The first-order chi connectivity index (χ1) is 8.20. The molecular formula is C13H18N2O2. The van der Waals surface area contributed by atoms with Gasteiger partial charge in [-0.05, 0) is 37.6 Å².